The summed E-state index contributed by atoms with van der Waals surface area (Å²) in [5, 5.41) is 0. The van der Waals surface area contributed by atoms with E-state index in [4.69, 9.17) is 4.74 Å². The van der Waals surface area contributed by atoms with Crippen LogP contribution >= 0.6 is 0 Å². The molecule has 0 saturated heterocycles. The van der Waals surface area contributed by atoms with Crippen LogP contribution in [0, 0.1) is 5.82 Å². The summed E-state index contributed by atoms with van der Waals surface area (Å²) < 4.78 is 18.6. The molecule has 1 aromatic rings. The third kappa shape index (κ3) is 1.87. The summed E-state index contributed by atoms with van der Waals surface area (Å²) >= 11 is 0. The highest BCUT2D eigenvalue weighted by Crippen LogP contribution is 2.27. The predicted molar refractivity (Wildman–Crippen MR) is 54.8 cm³/mol. The van der Waals surface area contributed by atoms with Gasteiger partial charge in [-0.05, 0) is 30.9 Å². The lowest BCUT2D eigenvalue weighted by Gasteiger charge is -2.08. The van der Waals surface area contributed by atoms with Crippen LogP contribution in [0.5, 0.6) is 5.75 Å². The van der Waals surface area contributed by atoms with Gasteiger partial charge in [-0.3, -0.25) is 4.79 Å². The van der Waals surface area contributed by atoms with Crippen molar-refractivity contribution in [3.8, 4) is 5.75 Å². The quantitative estimate of drug-likeness (QED) is 0.663. The summed E-state index contributed by atoms with van der Waals surface area (Å²) in [6, 6.07) is 2.99. The van der Waals surface area contributed by atoms with Crippen LogP contribution in [-0.4, -0.2) is 12.9 Å². The van der Waals surface area contributed by atoms with E-state index in [2.05, 4.69) is 0 Å². The summed E-state index contributed by atoms with van der Waals surface area (Å²) in [6.07, 6.45) is 2.88. The maximum atomic E-state index is 13.6. The Bertz CT molecular complexity index is 399. The molecule has 3 heteroatoms. The van der Waals surface area contributed by atoms with Crippen molar-refractivity contribution in [3.63, 3.8) is 0 Å². The Kier molecular flexibility index (Phi) is 2.71. The summed E-state index contributed by atoms with van der Waals surface area (Å²) in [6.45, 7) is 0. The smallest absolute Gasteiger partial charge is 0.163 e. The van der Waals surface area contributed by atoms with Crippen LogP contribution in [-0.2, 0) is 6.42 Å². The molecule has 15 heavy (non-hydrogen) atoms. The molecule has 0 saturated carbocycles. The van der Waals surface area contributed by atoms with E-state index in [9.17, 15) is 9.18 Å². The van der Waals surface area contributed by atoms with E-state index in [0.717, 1.165) is 12.8 Å². The lowest BCUT2D eigenvalue weighted by atomic mass is 10.0. The number of carbonyl (C=O) groups is 1. The van der Waals surface area contributed by atoms with E-state index in [-0.39, 0.29) is 11.6 Å². The number of rotatable bonds is 1. The first-order chi connectivity index (χ1) is 7.22. The van der Waals surface area contributed by atoms with Crippen molar-refractivity contribution in [2.24, 2.45) is 0 Å². The molecule has 2 rings (SSSR count). The van der Waals surface area contributed by atoms with Gasteiger partial charge in [0.2, 0.25) is 0 Å². The minimum Gasteiger partial charge on any atom is -0.497 e. The van der Waals surface area contributed by atoms with Gasteiger partial charge in [0.15, 0.2) is 5.78 Å². The molecule has 1 aliphatic carbocycles. The molecule has 0 aliphatic heterocycles. The standard InChI is InChI=1S/C12H13FO2/c1-15-8-6-10-9(11(13)7-8)4-2-3-5-12(10)14/h6-7H,2-5H2,1H3. The molecule has 0 N–H and O–H groups in total. The van der Waals surface area contributed by atoms with Gasteiger partial charge in [-0.15, -0.1) is 0 Å². The average molecular weight is 208 g/mol. The third-order valence-corrected chi connectivity index (χ3v) is 2.79. The van der Waals surface area contributed by atoms with Crippen LogP contribution in [0.15, 0.2) is 12.1 Å². The van der Waals surface area contributed by atoms with Crippen molar-refractivity contribution in [2.75, 3.05) is 7.11 Å². The Morgan fingerprint density at radius 1 is 1.27 bits per heavy atom. The highest BCUT2D eigenvalue weighted by molar-refractivity contribution is 5.98. The van der Waals surface area contributed by atoms with Gasteiger partial charge in [0.05, 0.1) is 7.11 Å². The van der Waals surface area contributed by atoms with Crippen LogP contribution in [0.3, 0.4) is 0 Å². The van der Waals surface area contributed by atoms with Crippen molar-refractivity contribution in [1.82, 2.24) is 0 Å². The van der Waals surface area contributed by atoms with Gasteiger partial charge < -0.3 is 4.74 Å². The molecule has 0 aromatic heterocycles. The van der Waals surface area contributed by atoms with Crippen LogP contribution in [0.2, 0.25) is 0 Å². The van der Waals surface area contributed by atoms with Gasteiger partial charge in [-0.1, -0.05) is 0 Å². The molecule has 0 atom stereocenters. The van der Waals surface area contributed by atoms with Gasteiger partial charge in [-0.2, -0.15) is 0 Å². The Hall–Kier alpha value is -1.38. The molecule has 1 aliphatic rings. The molecule has 0 radical (unpaired) electrons. The summed E-state index contributed by atoms with van der Waals surface area (Å²) in [5.74, 6) is 0.126. The van der Waals surface area contributed by atoms with E-state index in [0.29, 0.717) is 29.7 Å². The van der Waals surface area contributed by atoms with Crippen LogP contribution in [0.4, 0.5) is 4.39 Å². The maximum absolute atomic E-state index is 13.6. The van der Waals surface area contributed by atoms with Gasteiger partial charge in [-0.25, -0.2) is 4.39 Å². The molecular weight excluding hydrogens is 195 g/mol. The number of hydrogen-bond donors (Lipinski definition) is 0. The monoisotopic (exact) mass is 208 g/mol. The van der Waals surface area contributed by atoms with Crippen molar-refractivity contribution in [3.05, 3.63) is 29.1 Å². The van der Waals surface area contributed by atoms with E-state index in [1.165, 1.54) is 13.2 Å². The minimum absolute atomic E-state index is 0.0281. The Morgan fingerprint density at radius 3 is 2.73 bits per heavy atom. The van der Waals surface area contributed by atoms with Crippen LogP contribution in [0.25, 0.3) is 0 Å². The van der Waals surface area contributed by atoms with E-state index in [1.54, 1.807) is 6.07 Å². The maximum Gasteiger partial charge on any atom is 0.163 e. The third-order valence-electron chi connectivity index (χ3n) is 2.79. The zero-order valence-electron chi connectivity index (χ0n) is 8.68. The second kappa shape index (κ2) is 4.01. The van der Waals surface area contributed by atoms with E-state index in [1.807, 2.05) is 0 Å². The zero-order chi connectivity index (χ0) is 10.8. The molecule has 0 heterocycles. The number of ketones is 1. The largest absolute Gasteiger partial charge is 0.497 e. The zero-order valence-corrected chi connectivity index (χ0v) is 8.68. The average Bonchev–Trinajstić information content (AvgIpc) is 2.41. The lowest BCUT2D eigenvalue weighted by molar-refractivity contribution is 0.0981. The highest BCUT2D eigenvalue weighted by atomic mass is 19.1. The Labute approximate surface area is 88.1 Å². The normalized spacial score (nSPS) is 15.7. The van der Waals surface area contributed by atoms with Crippen molar-refractivity contribution in [1.29, 1.82) is 0 Å². The van der Waals surface area contributed by atoms with Crippen molar-refractivity contribution >= 4 is 5.78 Å². The fraction of sp³-hybridized carbons (Fsp3) is 0.417. The SMILES string of the molecule is COc1cc(F)c2c(c1)C(=O)CCCC2. The number of halogens is 1. The summed E-state index contributed by atoms with van der Waals surface area (Å²) in [4.78, 5) is 11.7. The Balaban J connectivity index is 2.55. The molecule has 0 unspecified atom stereocenters. The highest BCUT2D eigenvalue weighted by Gasteiger charge is 2.19. The molecule has 80 valence electrons. The summed E-state index contributed by atoms with van der Waals surface area (Å²) in [5.41, 5.74) is 1.06. The molecule has 0 amide bonds. The molecular formula is C12H13FO2. The molecule has 2 nitrogen and oxygen atoms in total. The fourth-order valence-corrected chi connectivity index (χ4v) is 1.95. The second-order valence-corrected chi connectivity index (χ2v) is 3.77. The minimum atomic E-state index is -0.320. The first kappa shape index (κ1) is 10.1. The molecule has 0 bridgehead atoms. The number of methoxy groups -OCH3 is 1. The predicted octanol–water partition coefficient (Wildman–Crippen LogP) is 2.74. The first-order valence-electron chi connectivity index (χ1n) is 5.12. The fourth-order valence-electron chi connectivity index (χ4n) is 1.95. The van der Waals surface area contributed by atoms with E-state index >= 15 is 0 Å². The molecule has 0 fully saturated rings. The van der Waals surface area contributed by atoms with Crippen LogP contribution < -0.4 is 4.74 Å². The topological polar surface area (TPSA) is 26.3 Å². The lowest BCUT2D eigenvalue weighted by Crippen LogP contribution is -2.03. The number of fused-ring (bicyclic) bond motifs is 1. The van der Waals surface area contributed by atoms with Gasteiger partial charge in [0.1, 0.15) is 11.6 Å². The van der Waals surface area contributed by atoms with Gasteiger partial charge in [0.25, 0.3) is 0 Å². The van der Waals surface area contributed by atoms with Crippen LogP contribution in [0.1, 0.15) is 35.2 Å². The van der Waals surface area contributed by atoms with Gasteiger partial charge >= 0.3 is 0 Å². The number of carbonyl (C=O) groups excluding carboxylic acids is 1. The first-order valence-corrected chi connectivity index (χ1v) is 5.12. The van der Waals surface area contributed by atoms with Gasteiger partial charge in [0, 0.05) is 18.1 Å². The number of hydrogen-bond acceptors (Lipinski definition) is 2. The Morgan fingerprint density at radius 2 is 2.00 bits per heavy atom. The molecule has 1 aromatic carbocycles. The van der Waals surface area contributed by atoms with Crippen molar-refractivity contribution in [2.45, 2.75) is 25.7 Å². The summed E-state index contributed by atoms with van der Waals surface area (Å²) in [7, 11) is 1.47. The van der Waals surface area contributed by atoms with E-state index < -0.39 is 0 Å². The number of ether oxygens (including phenoxy) is 1. The molecule has 0 spiro atoms. The second-order valence-electron chi connectivity index (χ2n) is 3.77. The van der Waals surface area contributed by atoms with Crippen molar-refractivity contribution < 1.29 is 13.9 Å². The number of benzene rings is 1. The number of Topliss-reactive ketones (excluding diaryl/α,β-unsaturated/α-hetero) is 1.